The van der Waals surface area contributed by atoms with Crippen LogP contribution in [0.2, 0.25) is 0 Å². The first-order chi connectivity index (χ1) is 12.3. The van der Waals surface area contributed by atoms with Gasteiger partial charge in [0, 0.05) is 17.7 Å². The Morgan fingerprint density at radius 1 is 1.20 bits per heavy atom. The van der Waals surface area contributed by atoms with E-state index in [2.05, 4.69) is 20.3 Å². The molecule has 1 aliphatic carbocycles. The Morgan fingerprint density at radius 3 is 2.88 bits per heavy atom. The molecule has 1 saturated carbocycles. The molecule has 25 heavy (non-hydrogen) atoms. The lowest BCUT2D eigenvalue weighted by Crippen LogP contribution is -2.23. The van der Waals surface area contributed by atoms with Gasteiger partial charge >= 0.3 is 0 Å². The third-order valence-electron chi connectivity index (χ3n) is 4.69. The van der Waals surface area contributed by atoms with Crippen LogP contribution >= 0.6 is 0 Å². The standard InChI is InChI=1S/C19H20N4O2/c24-18(21-11-15-8-9-20-12-22-15)14-6-7-16-17(10-14)25-19(23-16)13-4-2-1-3-5-13/h6-10,12-13H,1-5,11H2,(H,21,24). The second-order valence-corrected chi connectivity index (χ2v) is 6.45. The predicted octanol–water partition coefficient (Wildman–Crippen LogP) is 3.60. The number of amides is 1. The molecule has 2 heterocycles. The number of oxazole rings is 1. The van der Waals surface area contributed by atoms with Crippen LogP contribution < -0.4 is 5.32 Å². The molecule has 0 unspecified atom stereocenters. The van der Waals surface area contributed by atoms with Crippen molar-refractivity contribution in [2.75, 3.05) is 0 Å². The highest BCUT2D eigenvalue weighted by Gasteiger charge is 2.21. The summed E-state index contributed by atoms with van der Waals surface area (Å²) < 4.78 is 5.95. The van der Waals surface area contributed by atoms with Gasteiger partial charge in [0.1, 0.15) is 11.8 Å². The summed E-state index contributed by atoms with van der Waals surface area (Å²) in [4.78, 5) is 24.9. The fourth-order valence-corrected chi connectivity index (χ4v) is 3.30. The van der Waals surface area contributed by atoms with Gasteiger partial charge in [0.25, 0.3) is 5.91 Å². The van der Waals surface area contributed by atoms with Gasteiger partial charge in [-0.3, -0.25) is 4.79 Å². The smallest absolute Gasteiger partial charge is 0.251 e. The van der Waals surface area contributed by atoms with Crippen LogP contribution in [0.5, 0.6) is 0 Å². The number of hydrogen-bond donors (Lipinski definition) is 1. The van der Waals surface area contributed by atoms with Gasteiger partial charge in [-0.25, -0.2) is 15.0 Å². The van der Waals surface area contributed by atoms with Crippen molar-refractivity contribution in [3.63, 3.8) is 0 Å². The van der Waals surface area contributed by atoms with Crippen molar-refractivity contribution >= 4 is 17.0 Å². The van der Waals surface area contributed by atoms with Gasteiger partial charge in [0.15, 0.2) is 11.5 Å². The van der Waals surface area contributed by atoms with Crippen LogP contribution in [0.1, 0.15) is 60.0 Å². The summed E-state index contributed by atoms with van der Waals surface area (Å²) in [6, 6.07) is 7.18. The summed E-state index contributed by atoms with van der Waals surface area (Å²) in [6.45, 7) is 0.364. The van der Waals surface area contributed by atoms with E-state index in [1.165, 1.54) is 25.6 Å². The normalized spacial score (nSPS) is 15.4. The number of fused-ring (bicyclic) bond motifs is 1. The SMILES string of the molecule is O=C(NCc1ccncn1)c1ccc2nc(C3CCCCC3)oc2c1. The number of carbonyl (C=O) groups excluding carboxylic acids is 1. The first kappa shape index (κ1) is 15.7. The van der Waals surface area contributed by atoms with Crippen LogP contribution in [0.15, 0.2) is 41.2 Å². The van der Waals surface area contributed by atoms with Crippen LogP contribution in [0.25, 0.3) is 11.1 Å². The van der Waals surface area contributed by atoms with E-state index >= 15 is 0 Å². The highest BCUT2D eigenvalue weighted by atomic mass is 16.3. The molecule has 1 aromatic carbocycles. The van der Waals surface area contributed by atoms with Crippen LogP contribution in [0.3, 0.4) is 0 Å². The van der Waals surface area contributed by atoms with Crippen LogP contribution in [-0.4, -0.2) is 20.9 Å². The minimum absolute atomic E-state index is 0.156. The van der Waals surface area contributed by atoms with E-state index in [0.717, 1.165) is 29.9 Å². The fraction of sp³-hybridized carbons (Fsp3) is 0.368. The maximum atomic E-state index is 12.4. The van der Waals surface area contributed by atoms with Crippen LogP contribution in [0.4, 0.5) is 0 Å². The summed E-state index contributed by atoms with van der Waals surface area (Å²) in [5.41, 5.74) is 2.82. The third-order valence-corrected chi connectivity index (χ3v) is 4.69. The van der Waals surface area contributed by atoms with E-state index in [9.17, 15) is 4.79 Å². The lowest BCUT2D eigenvalue weighted by Gasteiger charge is -2.17. The number of aromatic nitrogens is 3. The van der Waals surface area contributed by atoms with Crippen molar-refractivity contribution in [2.24, 2.45) is 0 Å². The zero-order valence-corrected chi connectivity index (χ0v) is 13.9. The minimum atomic E-state index is -0.156. The monoisotopic (exact) mass is 336 g/mol. The fourth-order valence-electron chi connectivity index (χ4n) is 3.30. The molecular weight excluding hydrogens is 316 g/mol. The summed E-state index contributed by atoms with van der Waals surface area (Å²) in [7, 11) is 0. The van der Waals surface area contributed by atoms with Crippen molar-refractivity contribution in [3.8, 4) is 0 Å². The summed E-state index contributed by atoms with van der Waals surface area (Å²) in [5.74, 6) is 1.07. The number of hydrogen-bond acceptors (Lipinski definition) is 5. The number of carbonyl (C=O) groups is 1. The molecule has 3 aromatic rings. The largest absolute Gasteiger partial charge is 0.440 e. The summed E-state index contributed by atoms with van der Waals surface area (Å²) in [5, 5.41) is 2.86. The summed E-state index contributed by atoms with van der Waals surface area (Å²) in [6.07, 6.45) is 9.17. The Morgan fingerprint density at radius 2 is 2.08 bits per heavy atom. The van der Waals surface area contributed by atoms with Gasteiger partial charge < -0.3 is 9.73 Å². The first-order valence-electron chi connectivity index (χ1n) is 8.73. The van der Waals surface area contributed by atoms with E-state index in [-0.39, 0.29) is 5.91 Å². The molecule has 0 radical (unpaired) electrons. The predicted molar refractivity (Wildman–Crippen MR) is 93.0 cm³/mol. The van der Waals surface area contributed by atoms with Gasteiger partial charge in [0.05, 0.1) is 12.2 Å². The molecule has 1 fully saturated rings. The Kier molecular flexibility index (Phi) is 4.41. The number of nitrogens with one attached hydrogen (secondary N) is 1. The average molecular weight is 336 g/mol. The molecule has 6 heteroatoms. The minimum Gasteiger partial charge on any atom is -0.440 e. The topological polar surface area (TPSA) is 80.9 Å². The number of rotatable bonds is 4. The quantitative estimate of drug-likeness (QED) is 0.787. The van der Waals surface area contributed by atoms with Crippen molar-refractivity contribution in [2.45, 2.75) is 44.6 Å². The molecule has 1 aliphatic rings. The Hall–Kier alpha value is -2.76. The lowest BCUT2D eigenvalue weighted by atomic mass is 9.89. The van der Waals surface area contributed by atoms with Crippen molar-refractivity contribution in [1.82, 2.24) is 20.3 Å². The molecule has 0 bridgehead atoms. The molecule has 0 atom stereocenters. The maximum Gasteiger partial charge on any atom is 0.251 e. The molecule has 128 valence electrons. The highest BCUT2D eigenvalue weighted by molar-refractivity contribution is 5.96. The lowest BCUT2D eigenvalue weighted by molar-refractivity contribution is 0.0950. The van der Waals surface area contributed by atoms with Crippen LogP contribution in [0, 0.1) is 0 Å². The van der Waals surface area contributed by atoms with E-state index in [0.29, 0.717) is 23.6 Å². The van der Waals surface area contributed by atoms with Gasteiger partial charge in [0.2, 0.25) is 0 Å². The molecule has 6 nitrogen and oxygen atoms in total. The molecule has 1 amide bonds. The first-order valence-corrected chi connectivity index (χ1v) is 8.73. The average Bonchev–Trinajstić information content (AvgIpc) is 3.11. The van der Waals surface area contributed by atoms with Crippen molar-refractivity contribution in [1.29, 1.82) is 0 Å². The third kappa shape index (κ3) is 3.52. The van der Waals surface area contributed by atoms with Gasteiger partial charge in [-0.1, -0.05) is 19.3 Å². The Labute approximate surface area is 145 Å². The van der Waals surface area contributed by atoms with Crippen LogP contribution in [-0.2, 0) is 6.54 Å². The van der Waals surface area contributed by atoms with Gasteiger partial charge in [-0.15, -0.1) is 0 Å². The zero-order valence-electron chi connectivity index (χ0n) is 13.9. The van der Waals surface area contributed by atoms with Crippen molar-refractivity contribution < 1.29 is 9.21 Å². The van der Waals surface area contributed by atoms with E-state index in [1.54, 1.807) is 24.4 Å². The highest BCUT2D eigenvalue weighted by Crippen LogP contribution is 2.33. The van der Waals surface area contributed by atoms with Gasteiger partial charge in [-0.05, 0) is 37.1 Å². The number of benzene rings is 1. The Bertz CT molecular complexity index is 870. The molecular formula is C19H20N4O2. The van der Waals surface area contributed by atoms with Crippen molar-refractivity contribution in [3.05, 3.63) is 53.9 Å². The van der Waals surface area contributed by atoms with E-state index in [1.807, 2.05) is 6.07 Å². The zero-order chi connectivity index (χ0) is 17.1. The number of nitrogens with zero attached hydrogens (tertiary/aromatic N) is 3. The van der Waals surface area contributed by atoms with E-state index < -0.39 is 0 Å². The van der Waals surface area contributed by atoms with Gasteiger partial charge in [-0.2, -0.15) is 0 Å². The molecule has 1 N–H and O–H groups in total. The molecule has 4 rings (SSSR count). The second-order valence-electron chi connectivity index (χ2n) is 6.45. The molecule has 0 saturated heterocycles. The summed E-state index contributed by atoms with van der Waals surface area (Å²) >= 11 is 0. The molecule has 0 aliphatic heterocycles. The molecule has 0 spiro atoms. The van der Waals surface area contributed by atoms with E-state index in [4.69, 9.17) is 4.42 Å². The Balaban J connectivity index is 1.49. The molecule has 2 aromatic heterocycles. The second kappa shape index (κ2) is 7.01. The maximum absolute atomic E-state index is 12.4.